The molecule has 0 saturated heterocycles. The largest absolute Gasteiger partial charge is 0.506 e. The minimum Gasteiger partial charge on any atom is -0.506 e. The van der Waals surface area contributed by atoms with Gasteiger partial charge in [-0.25, -0.2) is 4.98 Å². The minimum absolute atomic E-state index is 0.0787. The number of benzene rings is 2. The van der Waals surface area contributed by atoms with Crippen LogP contribution in [0.3, 0.4) is 0 Å². The fourth-order valence-electron chi connectivity index (χ4n) is 2.83. The minimum atomic E-state index is -0.635. The van der Waals surface area contributed by atoms with Gasteiger partial charge in [-0.05, 0) is 42.5 Å². The van der Waals surface area contributed by atoms with Crippen LogP contribution in [0.15, 0.2) is 69.9 Å². The van der Waals surface area contributed by atoms with Crippen molar-refractivity contribution in [1.29, 1.82) is 0 Å². The van der Waals surface area contributed by atoms with Crippen molar-refractivity contribution in [3.05, 3.63) is 92.7 Å². The van der Waals surface area contributed by atoms with Crippen LogP contribution in [0.2, 0.25) is 0 Å². The highest BCUT2D eigenvalue weighted by atomic mass is 16.6. The molecule has 2 aromatic carbocycles. The topological polar surface area (TPSA) is 111 Å². The van der Waals surface area contributed by atoms with Crippen LogP contribution in [-0.2, 0) is 0 Å². The number of furan rings is 1. The summed E-state index contributed by atoms with van der Waals surface area (Å²) in [5.74, 6) is 0.0105. The van der Waals surface area contributed by atoms with Crippen molar-refractivity contribution in [3.63, 3.8) is 0 Å². The van der Waals surface area contributed by atoms with E-state index in [-0.39, 0.29) is 34.5 Å². The first-order valence-corrected chi connectivity index (χ1v) is 8.27. The monoisotopic (exact) mass is 375 g/mol. The van der Waals surface area contributed by atoms with Gasteiger partial charge in [0.05, 0.1) is 22.7 Å². The molecule has 0 atom stereocenters. The normalized spacial score (nSPS) is 11.3. The smallest absolute Gasteiger partial charge is 0.433 e. The number of fused-ring (bicyclic) bond motifs is 1. The summed E-state index contributed by atoms with van der Waals surface area (Å²) in [4.78, 5) is 27.7. The third-order valence-electron chi connectivity index (χ3n) is 4.11. The maximum Gasteiger partial charge on any atom is 0.433 e. The zero-order chi connectivity index (χ0) is 19.7. The summed E-state index contributed by atoms with van der Waals surface area (Å²) in [6.07, 6.45) is 2.98. The van der Waals surface area contributed by atoms with Crippen molar-refractivity contribution in [2.24, 2.45) is 0 Å². The van der Waals surface area contributed by atoms with E-state index in [4.69, 9.17) is 4.42 Å². The van der Waals surface area contributed by atoms with Gasteiger partial charge in [-0.2, -0.15) is 0 Å². The van der Waals surface area contributed by atoms with Crippen LogP contribution in [0.5, 0.6) is 5.75 Å². The van der Waals surface area contributed by atoms with Crippen LogP contribution in [0.1, 0.15) is 11.6 Å². The molecule has 2 heterocycles. The van der Waals surface area contributed by atoms with Crippen LogP contribution >= 0.6 is 0 Å². The zero-order valence-electron chi connectivity index (χ0n) is 14.4. The lowest BCUT2D eigenvalue weighted by atomic mass is 10.2. The van der Waals surface area contributed by atoms with E-state index in [0.717, 1.165) is 0 Å². The highest BCUT2D eigenvalue weighted by Crippen LogP contribution is 2.23. The zero-order valence-corrected chi connectivity index (χ0v) is 14.4. The first-order chi connectivity index (χ1) is 13.5. The first kappa shape index (κ1) is 17.2. The molecule has 0 fully saturated rings. The molecule has 0 bridgehead atoms. The molecule has 0 amide bonds. The van der Waals surface area contributed by atoms with Crippen molar-refractivity contribution in [2.45, 2.75) is 0 Å². The lowest BCUT2D eigenvalue weighted by Crippen LogP contribution is -2.22. The van der Waals surface area contributed by atoms with E-state index in [2.05, 4.69) is 4.98 Å². The van der Waals surface area contributed by atoms with Gasteiger partial charge in [-0.3, -0.25) is 19.5 Å². The van der Waals surface area contributed by atoms with Crippen LogP contribution < -0.4 is 5.56 Å². The van der Waals surface area contributed by atoms with Crippen LogP contribution in [-0.4, -0.2) is 19.6 Å². The number of hydrogen-bond donors (Lipinski definition) is 1. The number of para-hydroxylation sites is 3. The number of phenols is 1. The van der Waals surface area contributed by atoms with Crippen molar-refractivity contribution >= 4 is 28.9 Å². The van der Waals surface area contributed by atoms with E-state index in [0.29, 0.717) is 10.9 Å². The fraction of sp³-hybridized carbons (Fsp3) is 0. The Balaban J connectivity index is 1.92. The highest BCUT2D eigenvalue weighted by molar-refractivity contribution is 5.80. The molecule has 1 N–H and O–H groups in total. The summed E-state index contributed by atoms with van der Waals surface area (Å²) < 4.78 is 6.39. The Morgan fingerprint density at radius 1 is 1.04 bits per heavy atom. The molecule has 4 aromatic rings. The van der Waals surface area contributed by atoms with Crippen molar-refractivity contribution < 1.29 is 14.4 Å². The third-order valence-corrected chi connectivity index (χ3v) is 4.11. The molecule has 8 heteroatoms. The van der Waals surface area contributed by atoms with E-state index in [1.165, 1.54) is 34.9 Å². The molecule has 0 unspecified atom stereocenters. The molecule has 0 aliphatic carbocycles. The Bertz CT molecular complexity index is 1290. The summed E-state index contributed by atoms with van der Waals surface area (Å²) in [7, 11) is 0. The number of rotatable bonds is 4. The summed E-state index contributed by atoms with van der Waals surface area (Å²) in [6.45, 7) is 0. The third kappa shape index (κ3) is 3.03. The second kappa shape index (κ2) is 6.84. The van der Waals surface area contributed by atoms with E-state index >= 15 is 0 Å². The summed E-state index contributed by atoms with van der Waals surface area (Å²) in [5, 5.41) is 21.4. The molecular formula is C20H13N3O5. The van der Waals surface area contributed by atoms with Gasteiger partial charge in [-0.1, -0.05) is 24.3 Å². The lowest BCUT2D eigenvalue weighted by molar-refractivity contribution is -0.402. The maximum atomic E-state index is 13.1. The fourth-order valence-corrected chi connectivity index (χ4v) is 2.83. The van der Waals surface area contributed by atoms with Crippen molar-refractivity contribution in [1.82, 2.24) is 9.55 Å². The molecule has 8 nitrogen and oxygen atoms in total. The van der Waals surface area contributed by atoms with Crippen LogP contribution in [0.4, 0.5) is 5.88 Å². The standard InChI is InChI=1S/C20H13N3O5/c24-17-8-4-3-7-16(17)22-18(11-9-13-10-12-19(28-13)23(26)27)21-15-6-2-1-5-14(15)20(22)25/h1-12,24H. The molecule has 0 aliphatic rings. The number of aromatic nitrogens is 2. The Labute approximate surface area is 157 Å². The molecule has 4 rings (SSSR count). The number of nitro groups is 1. The average molecular weight is 375 g/mol. The Hall–Kier alpha value is -4.20. The van der Waals surface area contributed by atoms with Gasteiger partial charge in [0.15, 0.2) is 0 Å². The molecule has 0 radical (unpaired) electrons. The quantitative estimate of drug-likeness (QED) is 0.429. The van der Waals surface area contributed by atoms with Gasteiger partial charge in [0.1, 0.15) is 22.3 Å². The molecule has 0 spiro atoms. The van der Waals surface area contributed by atoms with E-state index in [1.54, 1.807) is 42.5 Å². The molecule has 0 aliphatic heterocycles. The Morgan fingerprint density at radius 3 is 2.54 bits per heavy atom. The summed E-state index contributed by atoms with van der Waals surface area (Å²) in [5.41, 5.74) is 0.414. The van der Waals surface area contributed by atoms with Gasteiger partial charge < -0.3 is 9.52 Å². The molecule has 2 aromatic heterocycles. The molecule has 0 saturated carbocycles. The first-order valence-electron chi connectivity index (χ1n) is 8.27. The van der Waals surface area contributed by atoms with Gasteiger partial charge in [0.2, 0.25) is 0 Å². The van der Waals surface area contributed by atoms with Gasteiger partial charge in [-0.15, -0.1) is 0 Å². The number of hydrogen-bond acceptors (Lipinski definition) is 6. The summed E-state index contributed by atoms with van der Waals surface area (Å²) >= 11 is 0. The Kier molecular flexibility index (Phi) is 4.21. The van der Waals surface area contributed by atoms with Gasteiger partial charge >= 0.3 is 5.88 Å². The molecular weight excluding hydrogens is 362 g/mol. The number of aromatic hydroxyl groups is 1. The van der Waals surface area contributed by atoms with E-state index in [9.17, 15) is 20.0 Å². The van der Waals surface area contributed by atoms with E-state index in [1.807, 2.05) is 0 Å². The second-order valence-electron chi connectivity index (χ2n) is 5.88. The molecule has 28 heavy (non-hydrogen) atoms. The highest BCUT2D eigenvalue weighted by Gasteiger charge is 2.14. The molecule has 138 valence electrons. The van der Waals surface area contributed by atoms with Crippen molar-refractivity contribution in [3.8, 4) is 11.4 Å². The summed E-state index contributed by atoms with van der Waals surface area (Å²) in [6, 6.07) is 16.0. The lowest BCUT2D eigenvalue weighted by Gasteiger charge is -2.12. The second-order valence-corrected chi connectivity index (χ2v) is 5.88. The van der Waals surface area contributed by atoms with Crippen molar-refractivity contribution in [2.75, 3.05) is 0 Å². The number of nitrogens with zero attached hydrogens (tertiary/aromatic N) is 3. The van der Waals surface area contributed by atoms with Crippen LogP contribution in [0, 0.1) is 10.1 Å². The SMILES string of the molecule is O=c1c2ccccc2nc(C=Cc2ccc([N+](=O)[O-])o2)n1-c1ccccc1O. The van der Waals surface area contributed by atoms with Crippen LogP contribution in [0.25, 0.3) is 28.7 Å². The average Bonchev–Trinajstić information content (AvgIpc) is 3.17. The predicted molar refractivity (Wildman–Crippen MR) is 103 cm³/mol. The maximum absolute atomic E-state index is 13.1. The Morgan fingerprint density at radius 2 is 1.79 bits per heavy atom. The predicted octanol–water partition coefficient (Wildman–Crippen LogP) is 3.76. The number of phenolic OH excluding ortho intramolecular Hbond substituents is 1. The van der Waals surface area contributed by atoms with Gasteiger partial charge in [0.25, 0.3) is 5.56 Å². The van der Waals surface area contributed by atoms with Gasteiger partial charge in [0, 0.05) is 0 Å². The van der Waals surface area contributed by atoms with E-state index < -0.39 is 4.92 Å².